The molecule has 2 aromatic heterocycles. The molecule has 0 saturated carbocycles. The van der Waals surface area contributed by atoms with Gasteiger partial charge in [-0.1, -0.05) is 16.8 Å². The second-order valence-corrected chi connectivity index (χ2v) is 4.16. The highest BCUT2D eigenvalue weighted by Crippen LogP contribution is 2.15. The molecule has 2 aromatic rings. The molecule has 0 spiro atoms. The molecule has 0 amide bonds. The van der Waals surface area contributed by atoms with Crippen molar-refractivity contribution in [2.24, 2.45) is 0 Å². The largest absolute Gasteiger partial charge is 0.309 e. The summed E-state index contributed by atoms with van der Waals surface area (Å²) in [5.41, 5.74) is 1.26. The third-order valence-corrected chi connectivity index (χ3v) is 2.51. The molecule has 0 aromatic carbocycles. The van der Waals surface area contributed by atoms with E-state index in [-0.39, 0.29) is 0 Å². The van der Waals surface area contributed by atoms with Gasteiger partial charge in [0.15, 0.2) is 16.3 Å². The number of aromatic nitrogens is 5. The fourth-order valence-electron chi connectivity index (χ4n) is 1.45. The summed E-state index contributed by atoms with van der Waals surface area (Å²) >= 11 is 5.88. The normalized spacial score (nSPS) is 11.5. The van der Waals surface area contributed by atoms with Crippen molar-refractivity contribution in [2.45, 2.75) is 13.0 Å². The molecule has 2 rings (SSSR count). The monoisotopic (exact) mass is 240 g/mol. The standard InChI is InChI=1S/C9H13ClN6/c1-15(2)4-3-5-16-9-7(13-14-16)8(10)11-6-12-9/h6H,3-5H2,1-2H3. The van der Waals surface area contributed by atoms with Gasteiger partial charge in [0.05, 0.1) is 0 Å². The first kappa shape index (κ1) is 11.2. The first-order chi connectivity index (χ1) is 7.68. The van der Waals surface area contributed by atoms with E-state index in [2.05, 4.69) is 25.2 Å². The SMILES string of the molecule is CN(C)CCCn1nnc2c(Cl)ncnc21. The molecule has 0 aliphatic rings. The Balaban J connectivity index is 2.16. The zero-order chi connectivity index (χ0) is 11.5. The van der Waals surface area contributed by atoms with Crippen molar-refractivity contribution in [1.82, 2.24) is 29.9 Å². The molecule has 0 saturated heterocycles. The lowest BCUT2D eigenvalue weighted by Crippen LogP contribution is -2.15. The number of nitrogens with zero attached hydrogens (tertiary/aromatic N) is 6. The van der Waals surface area contributed by atoms with Crippen molar-refractivity contribution in [1.29, 1.82) is 0 Å². The van der Waals surface area contributed by atoms with Crippen LogP contribution in [0.2, 0.25) is 5.15 Å². The van der Waals surface area contributed by atoms with Gasteiger partial charge in [-0.25, -0.2) is 14.6 Å². The number of halogens is 1. The Labute approximate surface area is 98.2 Å². The van der Waals surface area contributed by atoms with E-state index in [1.807, 2.05) is 14.1 Å². The molecule has 2 heterocycles. The molecule has 6 nitrogen and oxygen atoms in total. The number of hydrogen-bond acceptors (Lipinski definition) is 5. The smallest absolute Gasteiger partial charge is 0.183 e. The number of hydrogen-bond donors (Lipinski definition) is 0. The molecule has 0 bridgehead atoms. The zero-order valence-electron chi connectivity index (χ0n) is 9.26. The molecule has 86 valence electrons. The fraction of sp³-hybridized carbons (Fsp3) is 0.556. The Morgan fingerprint density at radius 1 is 1.38 bits per heavy atom. The van der Waals surface area contributed by atoms with Crippen LogP contribution in [0.4, 0.5) is 0 Å². The van der Waals surface area contributed by atoms with E-state index in [0.29, 0.717) is 16.3 Å². The highest BCUT2D eigenvalue weighted by molar-refractivity contribution is 6.33. The van der Waals surface area contributed by atoms with Gasteiger partial charge in [-0.15, -0.1) is 5.10 Å². The molecule has 16 heavy (non-hydrogen) atoms. The van der Waals surface area contributed by atoms with E-state index < -0.39 is 0 Å². The van der Waals surface area contributed by atoms with Crippen LogP contribution in [-0.2, 0) is 6.54 Å². The van der Waals surface area contributed by atoms with Gasteiger partial charge in [-0.05, 0) is 27.1 Å². The highest BCUT2D eigenvalue weighted by atomic mass is 35.5. The van der Waals surface area contributed by atoms with E-state index in [0.717, 1.165) is 19.5 Å². The fourth-order valence-corrected chi connectivity index (χ4v) is 1.62. The second kappa shape index (κ2) is 4.71. The summed E-state index contributed by atoms with van der Waals surface area (Å²) in [5, 5.41) is 8.32. The van der Waals surface area contributed by atoms with Crippen LogP contribution in [0.3, 0.4) is 0 Å². The molecule has 0 fully saturated rings. The number of aryl methyl sites for hydroxylation is 1. The molecule has 7 heteroatoms. The molecule has 0 aliphatic heterocycles. The summed E-state index contributed by atoms with van der Waals surface area (Å²) < 4.78 is 1.76. The molecule has 0 atom stereocenters. The van der Waals surface area contributed by atoms with Gasteiger partial charge in [0.2, 0.25) is 0 Å². The summed E-state index contributed by atoms with van der Waals surface area (Å²) in [7, 11) is 4.08. The average molecular weight is 241 g/mol. The second-order valence-electron chi connectivity index (χ2n) is 3.81. The van der Waals surface area contributed by atoms with Gasteiger partial charge in [-0.3, -0.25) is 0 Å². The maximum atomic E-state index is 5.88. The lowest BCUT2D eigenvalue weighted by molar-refractivity contribution is 0.380. The average Bonchev–Trinajstić information content (AvgIpc) is 2.63. The minimum absolute atomic E-state index is 0.351. The van der Waals surface area contributed by atoms with Crippen molar-refractivity contribution in [3.63, 3.8) is 0 Å². The van der Waals surface area contributed by atoms with Crippen LogP contribution >= 0.6 is 11.6 Å². The lowest BCUT2D eigenvalue weighted by Gasteiger charge is -2.08. The van der Waals surface area contributed by atoms with Crippen LogP contribution in [0.5, 0.6) is 0 Å². The molecule has 0 radical (unpaired) electrons. The zero-order valence-corrected chi connectivity index (χ0v) is 10.0. The van der Waals surface area contributed by atoms with Gasteiger partial charge in [0, 0.05) is 6.54 Å². The Hall–Kier alpha value is -1.27. The summed E-state index contributed by atoms with van der Waals surface area (Å²) in [6.07, 6.45) is 2.42. The van der Waals surface area contributed by atoms with Crippen LogP contribution in [0, 0.1) is 0 Å². The maximum Gasteiger partial charge on any atom is 0.183 e. The van der Waals surface area contributed by atoms with E-state index >= 15 is 0 Å². The van der Waals surface area contributed by atoms with Gasteiger partial charge < -0.3 is 4.90 Å². The Morgan fingerprint density at radius 3 is 2.94 bits per heavy atom. The summed E-state index contributed by atoms with van der Waals surface area (Å²) in [4.78, 5) is 10.1. The minimum atomic E-state index is 0.351. The van der Waals surface area contributed by atoms with Crippen molar-refractivity contribution in [3.8, 4) is 0 Å². The van der Waals surface area contributed by atoms with E-state index in [1.54, 1.807) is 4.68 Å². The molecular formula is C9H13ClN6. The van der Waals surface area contributed by atoms with Gasteiger partial charge in [0.25, 0.3) is 0 Å². The van der Waals surface area contributed by atoms with Crippen LogP contribution < -0.4 is 0 Å². The Bertz CT molecular complexity index is 480. The van der Waals surface area contributed by atoms with Crippen molar-refractivity contribution < 1.29 is 0 Å². The van der Waals surface area contributed by atoms with Crippen LogP contribution in [-0.4, -0.2) is 50.5 Å². The van der Waals surface area contributed by atoms with E-state index in [1.165, 1.54) is 6.33 Å². The van der Waals surface area contributed by atoms with Gasteiger partial charge >= 0.3 is 0 Å². The number of rotatable bonds is 4. The third-order valence-electron chi connectivity index (χ3n) is 2.23. The predicted octanol–water partition coefficient (Wildman–Crippen LogP) is 0.826. The first-order valence-corrected chi connectivity index (χ1v) is 5.40. The first-order valence-electron chi connectivity index (χ1n) is 5.03. The van der Waals surface area contributed by atoms with Crippen LogP contribution in [0.25, 0.3) is 11.2 Å². The molecule has 0 N–H and O–H groups in total. The summed E-state index contributed by atoms with van der Waals surface area (Å²) in [6.45, 7) is 1.78. The van der Waals surface area contributed by atoms with Crippen LogP contribution in [0.15, 0.2) is 6.33 Å². The quantitative estimate of drug-likeness (QED) is 0.741. The molecule has 0 unspecified atom stereocenters. The minimum Gasteiger partial charge on any atom is -0.309 e. The number of fused-ring (bicyclic) bond motifs is 1. The van der Waals surface area contributed by atoms with Crippen LogP contribution in [0.1, 0.15) is 6.42 Å². The Morgan fingerprint density at radius 2 is 2.19 bits per heavy atom. The Kier molecular flexibility index (Phi) is 3.31. The van der Waals surface area contributed by atoms with Gasteiger partial charge in [-0.2, -0.15) is 0 Å². The summed E-state index contributed by atoms with van der Waals surface area (Å²) in [5.74, 6) is 0. The van der Waals surface area contributed by atoms with E-state index in [9.17, 15) is 0 Å². The van der Waals surface area contributed by atoms with Crippen molar-refractivity contribution in [2.75, 3.05) is 20.6 Å². The molecular weight excluding hydrogens is 228 g/mol. The highest BCUT2D eigenvalue weighted by Gasteiger charge is 2.09. The lowest BCUT2D eigenvalue weighted by atomic mass is 10.4. The predicted molar refractivity (Wildman–Crippen MR) is 61.3 cm³/mol. The van der Waals surface area contributed by atoms with Gasteiger partial charge in [0.1, 0.15) is 6.33 Å². The third kappa shape index (κ3) is 2.28. The topological polar surface area (TPSA) is 59.7 Å². The molecule has 0 aliphatic carbocycles. The van der Waals surface area contributed by atoms with Crippen molar-refractivity contribution in [3.05, 3.63) is 11.5 Å². The van der Waals surface area contributed by atoms with Crippen molar-refractivity contribution >= 4 is 22.8 Å². The summed E-state index contributed by atoms with van der Waals surface area (Å²) in [6, 6.07) is 0. The van der Waals surface area contributed by atoms with E-state index in [4.69, 9.17) is 11.6 Å². The maximum absolute atomic E-state index is 5.88.